The first-order valence-electron chi connectivity index (χ1n) is 10.5. The summed E-state index contributed by atoms with van der Waals surface area (Å²) in [4.78, 5) is 13.1. The second-order valence-corrected chi connectivity index (χ2v) is 8.66. The van der Waals surface area contributed by atoms with E-state index in [2.05, 4.69) is 77.9 Å². The Morgan fingerprint density at radius 1 is 1.28 bits per heavy atom. The molecule has 3 unspecified atom stereocenters. The molecule has 7 heteroatoms. The number of rotatable bonds is 7. The summed E-state index contributed by atoms with van der Waals surface area (Å²) in [5, 5.41) is 8.91. The second kappa shape index (κ2) is 10.6. The van der Waals surface area contributed by atoms with E-state index in [-0.39, 0.29) is 12.2 Å². The van der Waals surface area contributed by atoms with Gasteiger partial charge >= 0.3 is 0 Å². The average molecular weight is 416 g/mol. The normalized spacial score (nSPS) is 21.1. The molecule has 3 heterocycles. The van der Waals surface area contributed by atoms with Gasteiger partial charge in [-0.25, -0.2) is 9.98 Å². The van der Waals surface area contributed by atoms with Crippen molar-refractivity contribution >= 4 is 23.1 Å². The van der Waals surface area contributed by atoms with E-state index in [1.54, 1.807) is 11.3 Å². The van der Waals surface area contributed by atoms with Gasteiger partial charge in [0.05, 0.1) is 18.8 Å². The molecule has 0 aromatic carbocycles. The van der Waals surface area contributed by atoms with E-state index in [1.807, 2.05) is 6.20 Å². The summed E-state index contributed by atoms with van der Waals surface area (Å²) in [6, 6.07) is 8.50. The minimum absolute atomic E-state index is 0.232. The molecule has 1 aliphatic heterocycles. The Labute approximate surface area is 178 Å². The minimum Gasteiger partial charge on any atom is -0.372 e. The number of pyridine rings is 1. The SMILES string of the molecule is CCNC(=NCc1ccc(N2CC(C)OC(C)C2)nc1)NCC(C)c1cccs1. The molecule has 158 valence electrons. The van der Waals surface area contributed by atoms with Crippen molar-refractivity contribution in [2.75, 3.05) is 31.1 Å². The van der Waals surface area contributed by atoms with Crippen LogP contribution in [0.4, 0.5) is 5.82 Å². The van der Waals surface area contributed by atoms with Crippen LogP contribution >= 0.6 is 11.3 Å². The number of hydrogen-bond donors (Lipinski definition) is 2. The van der Waals surface area contributed by atoms with Gasteiger partial charge in [0, 0.05) is 43.2 Å². The molecule has 29 heavy (non-hydrogen) atoms. The highest BCUT2D eigenvalue weighted by Gasteiger charge is 2.22. The number of nitrogens with zero attached hydrogens (tertiary/aromatic N) is 3. The molecule has 0 bridgehead atoms. The van der Waals surface area contributed by atoms with Crippen molar-refractivity contribution in [3.63, 3.8) is 0 Å². The zero-order valence-corrected chi connectivity index (χ0v) is 18.7. The smallest absolute Gasteiger partial charge is 0.191 e. The Hall–Kier alpha value is -2.12. The third kappa shape index (κ3) is 6.44. The van der Waals surface area contributed by atoms with Gasteiger partial charge in [-0.05, 0) is 43.8 Å². The number of aliphatic imine (C=N–C) groups is 1. The summed E-state index contributed by atoms with van der Waals surface area (Å²) in [6.07, 6.45) is 2.40. The number of morpholine rings is 1. The van der Waals surface area contributed by atoms with E-state index in [9.17, 15) is 0 Å². The molecule has 2 aromatic heterocycles. The molecule has 2 N–H and O–H groups in total. The molecule has 0 aliphatic carbocycles. The molecule has 2 aromatic rings. The lowest BCUT2D eigenvalue weighted by Crippen LogP contribution is -2.45. The number of anilines is 1. The van der Waals surface area contributed by atoms with Crippen LogP contribution < -0.4 is 15.5 Å². The first-order valence-corrected chi connectivity index (χ1v) is 11.3. The quantitative estimate of drug-likeness (QED) is 0.534. The standard InChI is InChI=1S/C22H33N5OS/c1-5-23-22(25-11-16(2)20-7-6-10-29-20)26-13-19-8-9-21(24-12-19)27-14-17(3)28-18(4)15-27/h6-10,12,16-18H,5,11,13-15H2,1-4H3,(H2,23,25,26). The largest absolute Gasteiger partial charge is 0.372 e. The van der Waals surface area contributed by atoms with Crippen LogP contribution in [0.25, 0.3) is 0 Å². The maximum Gasteiger partial charge on any atom is 0.191 e. The molecule has 3 rings (SSSR count). The van der Waals surface area contributed by atoms with Crippen LogP contribution in [0.5, 0.6) is 0 Å². The van der Waals surface area contributed by atoms with Gasteiger partial charge in [0.25, 0.3) is 0 Å². The highest BCUT2D eigenvalue weighted by atomic mass is 32.1. The zero-order valence-electron chi connectivity index (χ0n) is 17.9. The van der Waals surface area contributed by atoms with E-state index in [4.69, 9.17) is 9.73 Å². The van der Waals surface area contributed by atoms with E-state index in [1.165, 1.54) is 4.88 Å². The molecule has 1 fully saturated rings. The predicted octanol–water partition coefficient (Wildman–Crippen LogP) is 3.62. The molecule has 6 nitrogen and oxygen atoms in total. The number of guanidine groups is 1. The number of nitrogens with one attached hydrogen (secondary N) is 2. The Morgan fingerprint density at radius 2 is 2.07 bits per heavy atom. The predicted molar refractivity (Wildman–Crippen MR) is 122 cm³/mol. The zero-order chi connectivity index (χ0) is 20.6. The van der Waals surface area contributed by atoms with Crippen molar-refractivity contribution in [2.24, 2.45) is 4.99 Å². The molecule has 1 saturated heterocycles. The van der Waals surface area contributed by atoms with Crippen molar-refractivity contribution in [3.8, 4) is 0 Å². The van der Waals surface area contributed by atoms with Crippen molar-refractivity contribution in [2.45, 2.75) is 52.4 Å². The minimum atomic E-state index is 0.232. The fourth-order valence-corrected chi connectivity index (χ4v) is 4.28. The molecular weight excluding hydrogens is 382 g/mol. The Bertz CT molecular complexity index is 752. The summed E-state index contributed by atoms with van der Waals surface area (Å²) in [6.45, 7) is 12.6. The number of aromatic nitrogens is 1. The van der Waals surface area contributed by atoms with Crippen molar-refractivity contribution in [1.82, 2.24) is 15.6 Å². The van der Waals surface area contributed by atoms with Crippen LogP contribution in [0, 0.1) is 0 Å². The van der Waals surface area contributed by atoms with Crippen LogP contribution in [0.1, 0.15) is 44.1 Å². The number of thiophene rings is 1. The van der Waals surface area contributed by atoms with Gasteiger partial charge in [0.1, 0.15) is 5.82 Å². The Kier molecular flexibility index (Phi) is 7.89. The average Bonchev–Trinajstić information content (AvgIpc) is 3.24. The molecular formula is C22H33N5OS. The summed E-state index contributed by atoms with van der Waals surface area (Å²) < 4.78 is 5.81. The Balaban J connectivity index is 1.56. The van der Waals surface area contributed by atoms with Crippen LogP contribution in [0.15, 0.2) is 40.8 Å². The highest BCUT2D eigenvalue weighted by molar-refractivity contribution is 7.10. The molecule has 0 spiro atoms. The first kappa shape index (κ1) is 21.6. The molecule has 0 saturated carbocycles. The van der Waals surface area contributed by atoms with Crippen molar-refractivity contribution in [1.29, 1.82) is 0 Å². The third-order valence-electron chi connectivity index (χ3n) is 4.92. The van der Waals surface area contributed by atoms with Crippen molar-refractivity contribution < 1.29 is 4.74 Å². The van der Waals surface area contributed by atoms with Gasteiger partial charge in [-0.1, -0.05) is 19.1 Å². The molecule has 1 aliphatic rings. The van der Waals surface area contributed by atoms with E-state index in [0.29, 0.717) is 12.5 Å². The molecule has 0 amide bonds. The third-order valence-corrected chi connectivity index (χ3v) is 6.03. The molecule has 0 radical (unpaired) electrons. The van der Waals surface area contributed by atoms with E-state index < -0.39 is 0 Å². The van der Waals surface area contributed by atoms with Gasteiger partial charge in [-0.2, -0.15) is 0 Å². The van der Waals surface area contributed by atoms with Crippen LogP contribution in [-0.4, -0.2) is 49.3 Å². The lowest BCUT2D eigenvalue weighted by molar-refractivity contribution is -0.00545. The lowest BCUT2D eigenvalue weighted by Gasteiger charge is -2.36. The van der Waals surface area contributed by atoms with E-state index >= 15 is 0 Å². The fraction of sp³-hybridized carbons (Fsp3) is 0.545. The Morgan fingerprint density at radius 3 is 2.69 bits per heavy atom. The monoisotopic (exact) mass is 415 g/mol. The van der Waals surface area contributed by atoms with Crippen LogP contribution in [-0.2, 0) is 11.3 Å². The summed E-state index contributed by atoms with van der Waals surface area (Å²) in [5.74, 6) is 2.31. The van der Waals surface area contributed by atoms with Crippen LogP contribution in [0.3, 0.4) is 0 Å². The fourth-order valence-electron chi connectivity index (χ4n) is 3.50. The van der Waals surface area contributed by atoms with Gasteiger partial charge in [0.15, 0.2) is 5.96 Å². The maximum absolute atomic E-state index is 5.81. The topological polar surface area (TPSA) is 61.8 Å². The highest BCUT2D eigenvalue weighted by Crippen LogP contribution is 2.20. The summed E-state index contributed by atoms with van der Waals surface area (Å²) in [5.41, 5.74) is 1.10. The first-order chi connectivity index (χ1) is 14.0. The lowest BCUT2D eigenvalue weighted by atomic mass is 10.1. The van der Waals surface area contributed by atoms with Gasteiger partial charge in [0.2, 0.25) is 0 Å². The number of hydrogen-bond acceptors (Lipinski definition) is 5. The van der Waals surface area contributed by atoms with E-state index in [0.717, 1.165) is 43.5 Å². The summed E-state index contributed by atoms with van der Waals surface area (Å²) >= 11 is 1.80. The summed E-state index contributed by atoms with van der Waals surface area (Å²) in [7, 11) is 0. The molecule has 3 atom stereocenters. The van der Waals surface area contributed by atoms with Crippen LogP contribution in [0.2, 0.25) is 0 Å². The van der Waals surface area contributed by atoms with Gasteiger partial charge in [-0.3, -0.25) is 0 Å². The number of ether oxygens (including phenoxy) is 1. The van der Waals surface area contributed by atoms with Gasteiger partial charge < -0.3 is 20.3 Å². The van der Waals surface area contributed by atoms with Gasteiger partial charge in [-0.15, -0.1) is 11.3 Å². The second-order valence-electron chi connectivity index (χ2n) is 7.68. The van der Waals surface area contributed by atoms with Crippen molar-refractivity contribution in [3.05, 3.63) is 46.3 Å². The maximum atomic E-state index is 5.81.